The molecule has 0 aliphatic carbocycles. The lowest BCUT2D eigenvalue weighted by Crippen LogP contribution is -2.29. The van der Waals surface area contributed by atoms with E-state index in [1.54, 1.807) is 36.5 Å². The van der Waals surface area contributed by atoms with Crippen molar-refractivity contribution in [3.63, 3.8) is 0 Å². The zero-order valence-corrected chi connectivity index (χ0v) is 20.8. The summed E-state index contributed by atoms with van der Waals surface area (Å²) in [5, 5.41) is 18.6. The van der Waals surface area contributed by atoms with E-state index in [0.717, 1.165) is 16.7 Å². The third-order valence-corrected chi connectivity index (χ3v) is 6.68. The number of benzene rings is 2. The van der Waals surface area contributed by atoms with Crippen LogP contribution >= 0.6 is 11.6 Å². The SMILES string of the molecule is CCOc1ccc([C@@H]2c3c(-c4cc(Cl)c(C)cc4O)n[nH]c3C(=O)N2Cc2cccnc2)cc1OC. The standard InChI is InChI=1S/C27H25ClN4O4/c1-4-36-21-8-7-17(11-22(21)35-3)26-23-24(18-12-19(28)15(2)10-20(18)33)30-31-25(23)27(34)32(26)14-16-6-5-9-29-13-16/h5-13,26,33H,4,14H2,1-3H3,(H,30,31)/t26-/m1/s1. The number of nitrogens with one attached hydrogen (secondary N) is 1. The molecule has 2 N–H and O–H groups in total. The molecule has 1 aliphatic rings. The number of ether oxygens (including phenoxy) is 2. The van der Waals surface area contributed by atoms with Crippen molar-refractivity contribution in [2.75, 3.05) is 13.7 Å². The number of carbonyl (C=O) groups excluding carboxylic acids is 1. The van der Waals surface area contributed by atoms with Crippen LogP contribution in [0.25, 0.3) is 11.3 Å². The van der Waals surface area contributed by atoms with Crippen molar-refractivity contribution in [1.82, 2.24) is 20.1 Å². The van der Waals surface area contributed by atoms with Crippen LogP contribution < -0.4 is 9.47 Å². The Morgan fingerprint density at radius 1 is 1.19 bits per heavy atom. The van der Waals surface area contributed by atoms with Gasteiger partial charge in [0.05, 0.1) is 19.8 Å². The van der Waals surface area contributed by atoms with Crippen LogP contribution in [-0.2, 0) is 6.54 Å². The largest absolute Gasteiger partial charge is 0.507 e. The number of phenols is 1. The number of hydrogen-bond donors (Lipinski definition) is 2. The van der Waals surface area contributed by atoms with Crippen LogP contribution in [0.5, 0.6) is 17.2 Å². The molecule has 2 aromatic carbocycles. The van der Waals surface area contributed by atoms with Gasteiger partial charge in [-0.25, -0.2) is 0 Å². The first kappa shape index (κ1) is 23.7. The first-order valence-electron chi connectivity index (χ1n) is 11.5. The summed E-state index contributed by atoms with van der Waals surface area (Å²) in [5.74, 6) is 1.00. The first-order chi connectivity index (χ1) is 17.4. The van der Waals surface area contributed by atoms with E-state index in [1.807, 2.05) is 44.2 Å². The Labute approximate surface area is 213 Å². The molecule has 0 fully saturated rings. The zero-order chi connectivity index (χ0) is 25.4. The minimum absolute atomic E-state index is 0.0346. The van der Waals surface area contributed by atoms with E-state index in [0.29, 0.717) is 52.2 Å². The molecule has 1 aliphatic heterocycles. The molecule has 0 saturated heterocycles. The van der Waals surface area contributed by atoms with Crippen LogP contribution in [0.3, 0.4) is 0 Å². The van der Waals surface area contributed by atoms with Crippen LogP contribution in [0.1, 0.15) is 45.7 Å². The highest BCUT2D eigenvalue weighted by Crippen LogP contribution is 2.47. The summed E-state index contributed by atoms with van der Waals surface area (Å²) < 4.78 is 11.3. The maximum atomic E-state index is 13.6. The van der Waals surface area contributed by atoms with E-state index >= 15 is 0 Å². The van der Waals surface area contributed by atoms with Crippen LogP contribution in [-0.4, -0.2) is 44.8 Å². The number of halogens is 1. The lowest BCUT2D eigenvalue weighted by atomic mass is 9.95. The average Bonchev–Trinajstić information content (AvgIpc) is 3.41. The van der Waals surface area contributed by atoms with Crippen LogP contribution in [0.4, 0.5) is 0 Å². The molecule has 0 spiro atoms. The number of nitrogens with zero attached hydrogens (tertiary/aromatic N) is 3. The lowest BCUT2D eigenvalue weighted by molar-refractivity contribution is 0.0729. The topological polar surface area (TPSA) is 101 Å². The molecule has 0 saturated carbocycles. The van der Waals surface area contributed by atoms with E-state index in [-0.39, 0.29) is 11.7 Å². The van der Waals surface area contributed by atoms with Gasteiger partial charge in [0.1, 0.15) is 17.1 Å². The number of rotatable bonds is 7. The highest BCUT2D eigenvalue weighted by Gasteiger charge is 2.43. The lowest BCUT2D eigenvalue weighted by Gasteiger charge is -2.27. The summed E-state index contributed by atoms with van der Waals surface area (Å²) >= 11 is 6.39. The molecule has 5 rings (SSSR count). The van der Waals surface area contributed by atoms with Crippen molar-refractivity contribution in [2.45, 2.75) is 26.4 Å². The van der Waals surface area contributed by atoms with E-state index in [4.69, 9.17) is 21.1 Å². The Kier molecular flexibility index (Phi) is 6.28. The Morgan fingerprint density at radius 3 is 2.75 bits per heavy atom. The fourth-order valence-corrected chi connectivity index (χ4v) is 4.75. The van der Waals surface area contributed by atoms with Gasteiger partial charge in [-0.15, -0.1) is 0 Å². The first-order valence-corrected chi connectivity index (χ1v) is 11.9. The van der Waals surface area contributed by atoms with Gasteiger partial charge in [-0.2, -0.15) is 5.10 Å². The number of methoxy groups -OCH3 is 1. The van der Waals surface area contributed by atoms with Crippen LogP contribution in [0.15, 0.2) is 54.9 Å². The Balaban J connectivity index is 1.69. The molecular weight excluding hydrogens is 480 g/mol. The molecule has 8 nitrogen and oxygen atoms in total. The molecule has 36 heavy (non-hydrogen) atoms. The Bertz CT molecular complexity index is 1440. The van der Waals surface area contributed by atoms with Crippen molar-refractivity contribution in [2.24, 2.45) is 0 Å². The van der Waals surface area contributed by atoms with Gasteiger partial charge >= 0.3 is 0 Å². The number of aromatic hydroxyl groups is 1. The number of aromatic amines is 1. The van der Waals surface area contributed by atoms with Gasteiger partial charge in [0.2, 0.25) is 0 Å². The Morgan fingerprint density at radius 2 is 2.03 bits per heavy atom. The van der Waals surface area contributed by atoms with E-state index in [1.165, 1.54) is 0 Å². The normalized spacial score (nSPS) is 14.7. The molecule has 0 unspecified atom stereocenters. The summed E-state index contributed by atoms with van der Waals surface area (Å²) in [4.78, 5) is 19.6. The highest BCUT2D eigenvalue weighted by atomic mass is 35.5. The summed E-state index contributed by atoms with van der Waals surface area (Å²) in [7, 11) is 1.58. The Hall–Kier alpha value is -4.04. The predicted octanol–water partition coefficient (Wildman–Crippen LogP) is 5.29. The minimum atomic E-state index is -0.509. The second-order valence-electron chi connectivity index (χ2n) is 8.52. The molecule has 4 aromatic rings. The summed E-state index contributed by atoms with van der Waals surface area (Å²) in [6, 6.07) is 12.1. The summed E-state index contributed by atoms with van der Waals surface area (Å²) in [6.45, 7) is 4.54. The predicted molar refractivity (Wildman–Crippen MR) is 136 cm³/mol. The van der Waals surface area contributed by atoms with Gasteiger partial charge < -0.3 is 19.5 Å². The van der Waals surface area contributed by atoms with Crippen molar-refractivity contribution in [3.05, 3.63) is 87.8 Å². The van der Waals surface area contributed by atoms with Crippen molar-refractivity contribution >= 4 is 17.5 Å². The fraction of sp³-hybridized carbons (Fsp3) is 0.222. The maximum absolute atomic E-state index is 13.6. The number of carbonyl (C=O) groups is 1. The van der Waals surface area contributed by atoms with Crippen LogP contribution in [0, 0.1) is 6.92 Å². The number of amides is 1. The number of fused-ring (bicyclic) bond motifs is 1. The highest BCUT2D eigenvalue weighted by molar-refractivity contribution is 6.31. The number of hydrogen-bond acceptors (Lipinski definition) is 6. The molecule has 9 heteroatoms. The van der Waals surface area contributed by atoms with Gasteiger partial charge in [0.25, 0.3) is 5.91 Å². The van der Waals surface area contributed by atoms with E-state index in [2.05, 4.69) is 15.2 Å². The quantitative estimate of drug-likeness (QED) is 0.354. The minimum Gasteiger partial charge on any atom is -0.507 e. The molecule has 0 radical (unpaired) electrons. The van der Waals surface area contributed by atoms with Crippen molar-refractivity contribution in [3.8, 4) is 28.5 Å². The maximum Gasteiger partial charge on any atom is 0.273 e. The molecule has 2 aromatic heterocycles. The molecule has 184 valence electrons. The fourth-order valence-electron chi connectivity index (χ4n) is 4.58. The smallest absolute Gasteiger partial charge is 0.273 e. The van der Waals surface area contributed by atoms with Crippen LogP contribution in [0.2, 0.25) is 5.02 Å². The average molecular weight is 505 g/mol. The van der Waals surface area contributed by atoms with E-state index < -0.39 is 6.04 Å². The molecule has 1 atom stereocenters. The second kappa shape index (κ2) is 9.54. The number of aryl methyl sites for hydroxylation is 1. The number of pyridine rings is 1. The molecular formula is C27H25ClN4O4. The molecule has 1 amide bonds. The van der Waals surface area contributed by atoms with Gasteiger partial charge in [0.15, 0.2) is 11.5 Å². The monoisotopic (exact) mass is 504 g/mol. The van der Waals surface area contributed by atoms with Crippen molar-refractivity contribution in [1.29, 1.82) is 0 Å². The second-order valence-corrected chi connectivity index (χ2v) is 8.93. The van der Waals surface area contributed by atoms with Gasteiger partial charge in [-0.05, 0) is 60.9 Å². The number of aromatic nitrogens is 3. The van der Waals surface area contributed by atoms with Gasteiger partial charge in [-0.3, -0.25) is 14.9 Å². The third kappa shape index (κ3) is 4.03. The zero-order valence-electron chi connectivity index (χ0n) is 20.1. The molecule has 3 heterocycles. The van der Waals surface area contributed by atoms with E-state index in [9.17, 15) is 9.90 Å². The number of H-pyrrole nitrogens is 1. The van der Waals surface area contributed by atoms with Crippen molar-refractivity contribution < 1.29 is 19.4 Å². The molecule has 0 bridgehead atoms. The summed E-state index contributed by atoms with van der Waals surface area (Å²) in [6.07, 6.45) is 3.43. The third-order valence-electron chi connectivity index (χ3n) is 6.27. The van der Waals surface area contributed by atoms with Gasteiger partial charge in [-0.1, -0.05) is 23.7 Å². The summed E-state index contributed by atoms with van der Waals surface area (Å²) in [5.41, 5.74) is 4.37. The number of phenolic OH excluding ortho intramolecular Hbond substituents is 1. The van der Waals surface area contributed by atoms with Gasteiger partial charge in [0, 0.05) is 35.1 Å².